The van der Waals surface area contributed by atoms with Gasteiger partial charge in [-0.2, -0.15) is 0 Å². The van der Waals surface area contributed by atoms with Gasteiger partial charge in [0.05, 0.1) is 0 Å². The van der Waals surface area contributed by atoms with Gasteiger partial charge < -0.3 is 0 Å². The number of unbranched alkanes of at least 4 members (excludes halogenated alkanes) is 5. The first-order valence-corrected chi connectivity index (χ1v) is 29.0. The Bertz CT molecular complexity index is 1380. The average Bonchev–Trinajstić information content (AvgIpc) is 3.20. The minimum atomic E-state index is -5.44. The first-order valence-electron chi connectivity index (χ1n) is 16.8. The van der Waals surface area contributed by atoms with E-state index in [1.807, 2.05) is 34.6 Å². The van der Waals surface area contributed by atoms with Crippen LogP contribution in [0.3, 0.4) is 0 Å². The van der Waals surface area contributed by atoms with Crippen molar-refractivity contribution in [1.29, 1.82) is 0 Å². The van der Waals surface area contributed by atoms with Crippen LogP contribution in [0.15, 0.2) is 31.8 Å². The zero-order chi connectivity index (χ0) is 36.8. The minimum absolute atomic E-state index is 0.0284. The molecule has 0 spiro atoms. The molecule has 12 nitrogen and oxygen atoms in total. The fraction of sp³-hybridized carbons (Fsp3) is 0.625. The van der Waals surface area contributed by atoms with Gasteiger partial charge in [-0.1, -0.05) is 0 Å². The number of rotatable bonds is 19. The van der Waals surface area contributed by atoms with Gasteiger partial charge in [-0.3, -0.25) is 0 Å². The van der Waals surface area contributed by atoms with Gasteiger partial charge in [0.15, 0.2) is 0 Å². The second-order valence-corrected chi connectivity index (χ2v) is 26.9. The van der Waals surface area contributed by atoms with Crippen LogP contribution in [0.1, 0.15) is 118 Å². The molecule has 0 aromatic rings. The van der Waals surface area contributed by atoms with Gasteiger partial charge in [0.2, 0.25) is 0 Å². The molecule has 2 aliphatic heterocycles. The summed E-state index contributed by atoms with van der Waals surface area (Å²) in [7, 11) is 0. The van der Waals surface area contributed by atoms with Gasteiger partial charge in [-0.15, -0.1) is 0 Å². The zero-order valence-electron chi connectivity index (χ0n) is 28.6. The average molecular weight is 965 g/mol. The van der Waals surface area contributed by atoms with Gasteiger partial charge in [0.25, 0.3) is 0 Å². The summed E-state index contributed by atoms with van der Waals surface area (Å²) in [4.78, 5) is 79.9. The van der Waals surface area contributed by atoms with Crippen molar-refractivity contribution in [3.05, 3.63) is 31.8 Å². The molecule has 0 bridgehead atoms. The summed E-state index contributed by atoms with van der Waals surface area (Å²) < 4.78 is 34.0. The van der Waals surface area contributed by atoms with Gasteiger partial charge in [0, 0.05) is 0 Å². The van der Waals surface area contributed by atoms with Crippen molar-refractivity contribution in [2.75, 3.05) is 0 Å². The summed E-state index contributed by atoms with van der Waals surface area (Å²) in [6.07, 6.45) is 5.62. The third-order valence-electron chi connectivity index (χ3n) is 7.57. The summed E-state index contributed by atoms with van der Waals surface area (Å²) in [6.45, 7) is 9.32. The topological polar surface area (TPSA) is 158 Å². The second-order valence-electron chi connectivity index (χ2n) is 11.6. The maximum atomic E-state index is 13.9. The summed E-state index contributed by atoms with van der Waals surface area (Å²) in [5, 5.41) is -1.59. The van der Waals surface area contributed by atoms with Crippen LogP contribution in [0.25, 0.3) is 0 Å². The first kappa shape index (κ1) is 43.7. The second kappa shape index (κ2) is 21.1. The van der Waals surface area contributed by atoms with E-state index in [2.05, 4.69) is 0 Å². The van der Waals surface area contributed by atoms with Crippen molar-refractivity contribution in [1.82, 2.24) is 0 Å². The molecule has 17 heteroatoms. The SMILES string of the molecule is CCCCC1=C(Cl)C(=O)[O][Sn]([CH2]CCC)([O]C(=O)/C(Cl)=C(/CCCC)C(=O)[O][Sn]2([CH2]CCC)[O]C(=O)C(Cl)=C(CCCC)C(=O)[O]2)[O]C1=O. The summed E-state index contributed by atoms with van der Waals surface area (Å²) >= 11 is 8.13. The molecule has 0 aromatic heterocycles. The summed E-state index contributed by atoms with van der Waals surface area (Å²) in [5.74, 6) is -6.30. The Morgan fingerprint density at radius 1 is 0.571 bits per heavy atom. The first-order chi connectivity index (χ1) is 23.2. The quantitative estimate of drug-likeness (QED) is 0.0916. The molecule has 2 atom stereocenters. The fourth-order valence-electron chi connectivity index (χ4n) is 4.72. The van der Waals surface area contributed by atoms with Crippen LogP contribution in [0, 0.1) is 0 Å². The van der Waals surface area contributed by atoms with E-state index in [0.717, 1.165) is 0 Å². The fourth-order valence-corrected chi connectivity index (χ4v) is 19.6. The molecule has 0 saturated carbocycles. The monoisotopic (exact) mass is 966 g/mol. The van der Waals surface area contributed by atoms with Crippen molar-refractivity contribution < 1.29 is 47.2 Å². The molecule has 0 amide bonds. The molecule has 0 N–H and O–H groups in total. The molecule has 274 valence electrons. The number of carbonyl (C=O) groups is 6. The molecule has 2 unspecified atom stereocenters. The molecule has 0 radical (unpaired) electrons. The van der Waals surface area contributed by atoms with Gasteiger partial charge in [0.1, 0.15) is 0 Å². The number of carbonyl (C=O) groups excluding carboxylic acids is 6. The van der Waals surface area contributed by atoms with E-state index in [-0.39, 0.29) is 44.9 Å². The van der Waals surface area contributed by atoms with Gasteiger partial charge >= 0.3 is 316 Å². The third kappa shape index (κ3) is 12.3. The summed E-state index contributed by atoms with van der Waals surface area (Å²) in [6, 6.07) is 0. The van der Waals surface area contributed by atoms with Crippen LogP contribution < -0.4 is 0 Å². The van der Waals surface area contributed by atoms with Crippen LogP contribution in [0.4, 0.5) is 0 Å². The molecule has 0 aliphatic carbocycles. The molecule has 0 fully saturated rings. The molecular weight excluding hydrogens is 920 g/mol. The Kier molecular flexibility index (Phi) is 18.8. The predicted octanol–water partition coefficient (Wildman–Crippen LogP) is 7.80. The van der Waals surface area contributed by atoms with Crippen molar-refractivity contribution in [2.24, 2.45) is 0 Å². The molecule has 49 heavy (non-hydrogen) atoms. The van der Waals surface area contributed by atoms with Gasteiger partial charge in [-0.25, -0.2) is 0 Å². The van der Waals surface area contributed by atoms with Crippen molar-refractivity contribution >= 4 is 110 Å². The van der Waals surface area contributed by atoms with E-state index >= 15 is 0 Å². The van der Waals surface area contributed by atoms with Crippen LogP contribution in [0.2, 0.25) is 8.87 Å². The van der Waals surface area contributed by atoms with Crippen LogP contribution in [-0.4, -0.2) is 75.1 Å². The number of halogens is 3. The Morgan fingerprint density at radius 2 is 0.939 bits per heavy atom. The molecule has 0 saturated heterocycles. The standard InChI is InChI=1S/3C8H11ClO4.2C4H9.2Sn/c3*1-2-3-4-5(7(10)11)6(9)8(12)13;2*1-3-4-2;;/h3*2-4H2,1H3,(H,10,11)(H,12,13);2*1,3-4H2,2H3;;/q;;;;;2*+3/p-6/b6-5+;;;;;;. The summed E-state index contributed by atoms with van der Waals surface area (Å²) in [5.41, 5.74) is -0.475. The Morgan fingerprint density at radius 3 is 1.33 bits per heavy atom. The molecule has 0 aromatic carbocycles. The maximum absolute atomic E-state index is 13.9. The zero-order valence-corrected chi connectivity index (χ0v) is 36.6. The molecular formula is C32H45Cl3O12Sn2. The number of hydrogen-bond acceptors (Lipinski definition) is 12. The normalized spacial score (nSPS) is 22.0. The number of hydrogen-bond donors (Lipinski definition) is 0. The molecule has 2 aliphatic rings. The van der Waals surface area contributed by atoms with Crippen LogP contribution >= 0.6 is 34.8 Å². The van der Waals surface area contributed by atoms with Crippen molar-refractivity contribution in [2.45, 2.75) is 127 Å². The van der Waals surface area contributed by atoms with E-state index < -0.39 is 90.2 Å². The van der Waals surface area contributed by atoms with E-state index in [0.29, 0.717) is 64.2 Å². The van der Waals surface area contributed by atoms with E-state index in [4.69, 9.17) is 53.2 Å². The van der Waals surface area contributed by atoms with Crippen LogP contribution in [-0.2, 0) is 47.2 Å². The van der Waals surface area contributed by atoms with Gasteiger partial charge in [-0.05, 0) is 0 Å². The Labute approximate surface area is 313 Å². The molecule has 2 rings (SSSR count). The Balaban J connectivity index is 2.52. The van der Waals surface area contributed by atoms with E-state index in [1.165, 1.54) is 0 Å². The molecule has 2 heterocycles. The van der Waals surface area contributed by atoms with Crippen molar-refractivity contribution in [3.8, 4) is 0 Å². The Hall–Kier alpha value is -1.49. The van der Waals surface area contributed by atoms with E-state index in [1.54, 1.807) is 0 Å². The van der Waals surface area contributed by atoms with Crippen molar-refractivity contribution in [3.63, 3.8) is 0 Å². The van der Waals surface area contributed by atoms with E-state index in [9.17, 15) is 28.8 Å². The third-order valence-corrected chi connectivity index (χ3v) is 22.7. The predicted molar refractivity (Wildman–Crippen MR) is 185 cm³/mol. The van der Waals surface area contributed by atoms with Crippen LogP contribution in [0.5, 0.6) is 0 Å².